The van der Waals surface area contributed by atoms with Crippen LogP contribution in [0.1, 0.15) is 46.5 Å². The van der Waals surface area contributed by atoms with Gasteiger partial charge < -0.3 is 10.4 Å². The normalized spacial score (nSPS) is 20.0. The molecule has 0 aromatic heterocycles. The second-order valence-corrected chi connectivity index (χ2v) is 5.26. The van der Waals surface area contributed by atoms with Crippen molar-refractivity contribution in [1.82, 2.24) is 5.32 Å². The van der Waals surface area contributed by atoms with Crippen molar-refractivity contribution >= 4 is 11.9 Å². The number of aliphatic carboxylic acids is 1. The third-order valence-corrected chi connectivity index (χ3v) is 3.68. The largest absolute Gasteiger partial charge is 0.481 e. The molecule has 16 heavy (non-hydrogen) atoms. The van der Waals surface area contributed by atoms with Gasteiger partial charge in [0, 0.05) is 11.5 Å². The summed E-state index contributed by atoms with van der Waals surface area (Å²) in [7, 11) is 0. The van der Waals surface area contributed by atoms with Crippen molar-refractivity contribution in [1.29, 1.82) is 0 Å². The highest BCUT2D eigenvalue weighted by atomic mass is 16.4. The van der Waals surface area contributed by atoms with E-state index in [-0.39, 0.29) is 24.2 Å². The predicted octanol–water partition coefficient (Wildman–Crippen LogP) is 1.79. The van der Waals surface area contributed by atoms with Crippen molar-refractivity contribution < 1.29 is 14.7 Å². The molecule has 1 amide bonds. The maximum Gasteiger partial charge on any atom is 0.305 e. The first-order valence-corrected chi connectivity index (χ1v) is 5.89. The highest BCUT2D eigenvalue weighted by molar-refractivity contribution is 5.81. The number of carboxylic acids is 1. The Balaban J connectivity index is 2.62. The Morgan fingerprint density at radius 3 is 2.31 bits per heavy atom. The second-order valence-electron chi connectivity index (χ2n) is 5.26. The maximum absolute atomic E-state index is 11.8. The standard InChI is InChI=1S/C12H21NO3/c1-8(2)12(3,7-10(14)15)13-11(16)9-5-4-6-9/h8-9H,4-7H2,1-3H3,(H,13,16)(H,14,15). The van der Waals surface area contributed by atoms with E-state index in [2.05, 4.69) is 5.32 Å². The van der Waals surface area contributed by atoms with Gasteiger partial charge in [-0.25, -0.2) is 0 Å². The number of hydrogen-bond donors (Lipinski definition) is 2. The van der Waals surface area contributed by atoms with Crippen LogP contribution in [0.5, 0.6) is 0 Å². The molecule has 0 heterocycles. The molecule has 0 aromatic carbocycles. The van der Waals surface area contributed by atoms with Crippen molar-refractivity contribution in [3.05, 3.63) is 0 Å². The van der Waals surface area contributed by atoms with Crippen LogP contribution in [0.3, 0.4) is 0 Å². The number of nitrogens with one attached hydrogen (secondary N) is 1. The van der Waals surface area contributed by atoms with Crippen LogP contribution in [0.15, 0.2) is 0 Å². The summed E-state index contributed by atoms with van der Waals surface area (Å²) in [5.41, 5.74) is -0.640. The van der Waals surface area contributed by atoms with Gasteiger partial charge in [0.1, 0.15) is 0 Å². The summed E-state index contributed by atoms with van der Waals surface area (Å²) < 4.78 is 0. The minimum Gasteiger partial charge on any atom is -0.481 e. The van der Waals surface area contributed by atoms with Gasteiger partial charge in [0.05, 0.1) is 6.42 Å². The molecule has 1 aliphatic carbocycles. The van der Waals surface area contributed by atoms with Crippen LogP contribution in [-0.4, -0.2) is 22.5 Å². The van der Waals surface area contributed by atoms with Crippen LogP contribution in [0.4, 0.5) is 0 Å². The minimum absolute atomic E-state index is 0.0173. The van der Waals surface area contributed by atoms with Crippen LogP contribution in [0.2, 0.25) is 0 Å². The van der Waals surface area contributed by atoms with Crippen LogP contribution >= 0.6 is 0 Å². The van der Waals surface area contributed by atoms with Crippen molar-refractivity contribution in [3.8, 4) is 0 Å². The molecular weight excluding hydrogens is 206 g/mol. The molecule has 92 valence electrons. The Kier molecular flexibility index (Phi) is 3.94. The minimum atomic E-state index is -0.870. The molecule has 1 fully saturated rings. The number of hydrogen-bond acceptors (Lipinski definition) is 2. The lowest BCUT2D eigenvalue weighted by Crippen LogP contribution is -2.53. The Morgan fingerprint density at radius 1 is 1.44 bits per heavy atom. The molecule has 0 radical (unpaired) electrons. The van der Waals surface area contributed by atoms with Crippen LogP contribution in [0.25, 0.3) is 0 Å². The van der Waals surface area contributed by atoms with Gasteiger partial charge >= 0.3 is 5.97 Å². The van der Waals surface area contributed by atoms with Gasteiger partial charge in [-0.2, -0.15) is 0 Å². The summed E-state index contributed by atoms with van der Waals surface area (Å²) in [6.45, 7) is 5.68. The summed E-state index contributed by atoms with van der Waals surface area (Å²) in [6, 6.07) is 0. The zero-order chi connectivity index (χ0) is 12.3. The molecule has 0 aliphatic heterocycles. The zero-order valence-electron chi connectivity index (χ0n) is 10.2. The number of amides is 1. The van der Waals surface area contributed by atoms with E-state index in [1.54, 1.807) is 0 Å². The molecule has 1 unspecified atom stereocenters. The lowest BCUT2D eigenvalue weighted by atomic mass is 9.81. The summed E-state index contributed by atoms with van der Waals surface area (Å²) in [5.74, 6) is -0.645. The van der Waals surface area contributed by atoms with Gasteiger partial charge in [-0.05, 0) is 25.7 Å². The fraction of sp³-hybridized carbons (Fsp3) is 0.833. The van der Waals surface area contributed by atoms with Crippen LogP contribution in [-0.2, 0) is 9.59 Å². The number of carboxylic acid groups (broad SMARTS) is 1. The summed E-state index contributed by atoms with van der Waals surface area (Å²) in [6.07, 6.45) is 2.96. The van der Waals surface area contributed by atoms with E-state index in [4.69, 9.17) is 5.11 Å². The van der Waals surface area contributed by atoms with Gasteiger partial charge in [0.2, 0.25) is 5.91 Å². The van der Waals surface area contributed by atoms with Crippen molar-refractivity contribution in [2.24, 2.45) is 11.8 Å². The van der Waals surface area contributed by atoms with Gasteiger partial charge in [0.15, 0.2) is 0 Å². The number of rotatable bonds is 5. The summed E-state index contributed by atoms with van der Waals surface area (Å²) in [5, 5.41) is 11.8. The fourth-order valence-corrected chi connectivity index (χ4v) is 1.76. The molecule has 0 aromatic rings. The highest BCUT2D eigenvalue weighted by Gasteiger charge is 2.36. The summed E-state index contributed by atoms with van der Waals surface area (Å²) >= 11 is 0. The lowest BCUT2D eigenvalue weighted by Gasteiger charge is -2.36. The molecule has 4 heteroatoms. The van der Waals surface area contributed by atoms with Crippen molar-refractivity contribution in [2.45, 2.75) is 52.0 Å². The smallest absolute Gasteiger partial charge is 0.305 e. The molecule has 0 spiro atoms. The molecular formula is C12H21NO3. The fourth-order valence-electron chi connectivity index (χ4n) is 1.76. The van der Waals surface area contributed by atoms with Gasteiger partial charge in [-0.15, -0.1) is 0 Å². The van der Waals surface area contributed by atoms with E-state index >= 15 is 0 Å². The van der Waals surface area contributed by atoms with E-state index in [1.807, 2.05) is 20.8 Å². The Bertz CT molecular complexity index is 284. The Labute approximate surface area is 96.4 Å². The first-order chi connectivity index (χ1) is 7.35. The quantitative estimate of drug-likeness (QED) is 0.752. The SMILES string of the molecule is CC(C)C(C)(CC(=O)O)NC(=O)C1CCC1. The maximum atomic E-state index is 11.8. The van der Waals surface area contributed by atoms with Crippen LogP contribution in [0, 0.1) is 11.8 Å². The molecule has 1 aliphatic rings. The molecule has 4 nitrogen and oxygen atoms in total. The molecule has 1 atom stereocenters. The number of carbonyl (C=O) groups excluding carboxylic acids is 1. The average Bonchev–Trinajstić information content (AvgIpc) is 1.97. The Hall–Kier alpha value is -1.06. The first-order valence-electron chi connectivity index (χ1n) is 5.89. The average molecular weight is 227 g/mol. The molecule has 2 N–H and O–H groups in total. The van der Waals surface area contributed by atoms with Crippen LogP contribution < -0.4 is 5.32 Å². The van der Waals surface area contributed by atoms with E-state index in [1.165, 1.54) is 0 Å². The zero-order valence-corrected chi connectivity index (χ0v) is 10.2. The van der Waals surface area contributed by atoms with E-state index < -0.39 is 11.5 Å². The second kappa shape index (κ2) is 4.85. The third-order valence-electron chi connectivity index (χ3n) is 3.68. The third kappa shape index (κ3) is 2.97. The lowest BCUT2D eigenvalue weighted by molar-refractivity contribution is -0.140. The van der Waals surface area contributed by atoms with E-state index in [0.29, 0.717) is 0 Å². The van der Waals surface area contributed by atoms with Gasteiger partial charge in [-0.3, -0.25) is 9.59 Å². The Morgan fingerprint density at radius 2 is 2.00 bits per heavy atom. The summed E-state index contributed by atoms with van der Waals surface area (Å²) in [4.78, 5) is 22.6. The van der Waals surface area contributed by atoms with Gasteiger partial charge in [0.25, 0.3) is 0 Å². The number of carbonyl (C=O) groups is 2. The van der Waals surface area contributed by atoms with E-state index in [0.717, 1.165) is 19.3 Å². The highest BCUT2D eigenvalue weighted by Crippen LogP contribution is 2.29. The molecule has 0 bridgehead atoms. The van der Waals surface area contributed by atoms with Crippen molar-refractivity contribution in [2.75, 3.05) is 0 Å². The monoisotopic (exact) mass is 227 g/mol. The topological polar surface area (TPSA) is 66.4 Å². The van der Waals surface area contributed by atoms with Crippen molar-refractivity contribution in [3.63, 3.8) is 0 Å². The van der Waals surface area contributed by atoms with Gasteiger partial charge in [-0.1, -0.05) is 20.3 Å². The molecule has 1 rings (SSSR count). The van der Waals surface area contributed by atoms with E-state index in [9.17, 15) is 9.59 Å². The predicted molar refractivity (Wildman–Crippen MR) is 61.0 cm³/mol. The molecule has 1 saturated carbocycles. The molecule has 0 saturated heterocycles. The first kappa shape index (κ1) is 13.0.